The molecule has 1 aliphatic heterocycles. The van der Waals surface area contributed by atoms with Crippen molar-refractivity contribution in [1.29, 1.82) is 0 Å². The van der Waals surface area contributed by atoms with Crippen molar-refractivity contribution < 1.29 is 14.0 Å². The maximum absolute atomic E-state index is 11.3. The molecule has 0 aromatic carbocycles. The van der Waals surface area contributed by atoms with E-state index in [2.05, 4.69) is 39.2 Å². The fourth-order valence-corrected chi connectivity index (χ4v) is 2.79. The summed E-state index contributed by atoms with van der Waals surface area (Å²) in [6, 6.07) is 0. The Morgan fingerprint density at radius 3 is 2.38 bits per heavy atom. The van der Waals surface area contributed by atoms with E-state index in [-0.39, 0.29) is 23.3 Å². The van der Waals surface area contributed by atoms with Crippen LogP contribution < -0.4 is 5.32 Å². The quantitative estimate of drug-likeness (QED) is 0.772. The van der Waals surface area contributed by atoms with Gasteiger partial charge >= 0.3 is 0 Å². The molecule has 1 rings (SSSR count). The lowest BCUT2D eigenvalue weighted by atomic mass is 10.2. The molecule has 0 aliphatic carbocycles. The van der Waals surface area contributed by atoms with Crippen molar-refractivity contribution in [2.75, 3.05) is 7.11 Å². The highest BCUT2D eigenvalue weighted by Crippen LogP contribution is 2.38. The summed E-state index contributed by atoms with van der Waals surface area (Å²) >= 11 is 0. The lowest BCUT2D eigenvalue weighted by Gasteiger charge is -2.39. The number of ether oxygens (including phenoxy) is 1. The van der Waals surface area contributed by atoms with E-state index in [4.69, 9.17) is 9.16 Å². The molecule has 0 spiro atoms. The third-order valence-electron chi connectivity index (χ3n) is 3.53. The Hall–Kier alpha value is -0.393. The van der Waals surface area contributed by atoms with Gasteiger partial charge in [-0.25, -0.2) is 0 Å². The summed E-state index contributed by atoms with van der Waals surface area (Å²) in [6.07, 6.45) is -0.0228. The van der Waals surface area contributed by atoms with Crippen LogP contribution in [0.5, 0.6) is 0 Å². The van der Waals surface area contributed by atoms with Gasteiger partial charge in [0, 0.05) is 7.11 Å². The Balaban J connectivity index is 2.70. The molecule has 1 aliphatic rings. The van der Waals surface area contributed by atoms with Crippen LogP contribution in [0.2, 0.25) is 18.1 Å². The summed E-state index contributed by atoms with van der Waals surface area (Å²) in [5, 5.41) is 2.91. The first-order chi connectivity index (χ1) is 7.17. The second-order valence-electron chi connectivity index (χ2n) is 5.84. The molecule has 94 valence electrons. The maximum atomic E-state index is 11.3. The molecule has 0 unspecified atom stereocenters. The summed E-state index contributed by atoms with van der Waals surface area (Å²) in [5.74, 6) is 0.00978. The predicted molar refractivity (Wildman–Crippen MR) is 65.6 cm³/mol. The standard InChI is InChI=1S/C11H23NO3Si/c1-11(2,3)16(5,6)15-8-7-9(13)12-10(8)14-4/h8,10H,7H2,1-6H3,(H,12,13)/t8-,10+/m1/s1. The topological polar surface area (TPSA) is 47.6 Å². The normalized spacial score (nSPS) is 27.0. The first kappa shape index (κ1) is 13.7. The third-order valence-corrected chi connectivity index (χ3v) is 8.04. The molecule has 1 saturated heterocycles. The molecule has 0 aromatic heterocycles. The SMILES string of the molecule is CO[C@@H]1NC(=O)C[C@H]1O[Si](C)(C)C(C)(C)C. The average Bonchev–Trinajstić information content (AvgIpc) is 2.43. The molecule has 0 aromatic rings. The monoisotopic (exact) mass is 245 g/mol. The second-order valence-corrected chi connectivity index (χ2v) is 10.6. The predicted octanol–water partition coefficient (Wildman–Crippen LogP) is 1.87. The van der Waals surface area contributed by atoms with Crippen molar-refractivity contribution >= 4 is 14.2 Å². The van der Waals surface area contributed by atoms with E-state index in [0.29, 0.717) is 6.42 Å². The minimum Gasteiger partial charge on any atom is -0.409 e. The number of carbonyl (C=O) groups is 1. The summed E-state index contributed by atoms with van der Waals surface area (Å²) in [4.78, 5) is 11.3. The number of amides is 1. The van der Waals surface area contributed by atoms with Gasteiger partial charge in [0.05, 0.1) is 12.5 Å². The molecule has 2 atom stereocenters. The van der Waals surface area contributed by atoms with Crippen molar-refractivity contribution in [3.63, 3.8) is 0 Å². The molecule has 0 bridgehead atoms. The Labute approximate surface area is 98.8 Å². The molecule has 4 nitrogen and oxygen atoms in total. The van der Waals surface area contributed by atoms with E-state index >= 15 is 0 Å². The molecular formula is C11H23NO3Si. The third kappa shape index (κ3) is 2.84. The van der Waals surface area contributed by atoms with E-state index in [1.165, 1.54) is 0 Å². The zero-order valence-electron chi connectivity index (χ0n) is 11.1. The highest BCUT2D eigenvalue weighted by atomic mass is 28.4. The fourth-order valence-electron chi connectivity index (χ4n) is 1.47. The number of rotatable bonds is 3. The van der Waals surface area contributed by atoms with Crippen LogP contribution in [0.25, 0.3) is 0 Å². The van der Waals surface area contributed by atoms with E-state index in [1.54, 1.807) is 7.11 Å². The molecule has 1 fully saturated rings. The van der Waals surface area contributed by atoms with Gasteiger partial charge in [-0.05, 0) is 18.1 Å². The Bertz CT molecular complexity index is 273. The Morgan fingerprint density at radius 1 is 1.38 bits per heavy atom. The highest BCUT2D eigenvalue weighted by molar-refractivity contribution is 6.74. The minimum atomic E-state index is -1.83. The number of nitrogens with one attached hydrogen (secondary N) is 1. The average molecular weight is 245 g/mol. The van der Waals surface area contributed by atoms with E-state index in [9.17, 15) is 4.79 Å². The van der Waals surface area contributed by atoms with Crippen LogP contribution in [0.1, 0.15) is 27.2 Å². The van der Waals surface area contributed by atoms with Crippen LogP contribution in [0.15, 0.2) is 0 Å². The Morgan fingerprint density at radius 2 is 1.94 bits per heavy atom. The molecular weight excluding hydrogens is 222 g/mol. The highest BCUT2D eigenvalue weighted by Gasteiger charge is 2.43. The van der Waals surface area contributed by atoms with Crippen LogP contribution in [0.4, 0.5) is 0 Å². The number of hydrogen-bond donors (Lipinski definition) is 1. The van der Waals surface area contributed by atoms with Gasteiger partial charge in [0.25, 0.3) is 0 Å². The zero-order chi connectivity index (χ0) is 12.6. The summed E-state index contributed by atoms with van der Waals surface area (Å²) in [6.45, 7) is 10.9. The number of methoxy groups -OCH3 is 1. The van der Waals surface area contributed by atoms with Gasteiger partial charge in [-0.15, -0.1) is 0 Å². The van der Waals surface area contributed by atoms with Crippen LogP contribution >= 0.6 is 0 Å². The number of carbonyl (C=O) groups excluding carboxylic acids is 1. The molecule has 0 saturated carbocycles. The summed E-state index contributed by atoms with van der Waals surface area (Å²) < 4.78 is 11.4. The molecule has 0 radical (unpaired) electrons. The zero-order valence-corrected chi connectivity index (χ0v) is 12.1. The van der Waals surface area contributed by atoms with Gasteiger partial charge in [0.1, 0.15) is 0 Å². The fraction of sp³-hybridized carbons (Fsp3) is 0.909. The van der Waals surface area contributed by atoms with Gasteiger partial charge in [0.2, 0.25) is 5.91 Å². The van der Waals surface area contributed by atoms with Crippen LogP contribution in [0.3, 0.4) is 0 Å². The van der Waals surface area contributed by atoms with Crippen molar-refractivity contribution in [2.45, 2.75) is 57.7 Å². The first-order valence-electron chi connectivity index (χ1n) is 5.67. The lowest BCUT2D eigenvalue weighted by Crippen LogP contribution is -2.47. The second kappa shape index (κ2) is 4.47. The van der Waals surface area contributed by atoms with Crippen molar-refractivity contribution in [3.8, 4) is 0 Å². The molecule has 1 amide bonds. The van der Waals surface area contributed by atoms with Crippen molar-refractivity contribution in [2.24, 2.45) is 0 Å². The van der Waals surface area contributed by atoms with Gasteiger partial charge < -0.3 is 14.5 Å². The minimum absolute atomic E-state index is 0.00978. The molecule has 1 N–H and O–H groups in total. The Kier molecular flexibility index (Phi) is 3.82. The lowest BCUT2D eigenvalue weighted by molar-refractivity contribution is -0.120. The van der Waals surface area contributed by atoms with E-state index in [0.717, 1.165) is 0 Å². The largest absolute Gasteiger partial charge is 0.409 e. The van der Waals surface area contributed by atoms with E-state index in [1.807, 2.05) is 0 Å². The smallest absolute Gasteiger partial charge is 0.224 e. The van der Waals surface area contributed by atoms with Crippen molar-refractivity contribution in [3.05, 3.63) is 0 Å². The van der Waals surface area contributed by atoms with E-state index < -0.39 is 8.32 Å². The summed E-state index contributed by atoms with van der Waals surface area (Å²) in [5.41, 5.74) is 0. The van der Waals surface area contributed by atoms with Gasteiger partial charge in [-0.1, -0.05) is 20.8 Å². The van der Waals surface area contributed by atoms with Gasteiger partial charge in [-0.2, -0.15) is 0 Å². The van der Waals surface area contributed by atoms with Gasteiger partial charge in [0.15, 0.2) is 14.5 Å². The summed E-state index contributed by atoms with van der Waals surface area (Å²) in [7, 11) is -0.234. The maximum Gasteiger partial charge on any atom is 0.224 e. The van der Waals surface area contributed by atoms with Gasteiger partial charge in [-0.3, -0.25) is 4.79 Å². The van der Waals surface area contributed by atoms with Crippen LogP contribution in [-0.2, 0) is 14.0 Å². The first-order valence-corrected chi connectivity index (χ1v) is 8.58. The molecule has 5 heteroatoms. The molecule has 1 heterocycles. The van der Waals surface area contributed by atoms with Crippen LogP contribution in [0, 0.1) is 0 Å². The number of hydrogen-bond acceptors (Lipinski definition) is 3. The molecule has 16 heavy (non-hydrogen) atoms. The van der Waals surface area contributed by atoms with Crippen LogP contribution in [-0.4, -0.2) is 33.7 Å². The van der Waals surface area contributed by atoms with Crippen molar-refractivity contribution in [1.82, 2.24) is 5.32 Å².